The van der Waals surface area contributed by atoms with E-state index in [2.05, 4.69) is 132 Å². The number of pyridine rings is 5. The molecule has 5 aliphatic rings. The van der Waals surface area contributed by atoms with Crippen molar-refractivity contribution in [2.45, 2.75) is 116 Å². The van der Waals surface area contributed by atoms with E-state index < -0.39 is 0 Å². The van der Waals surface area contributed by atoms with E-state index in [0.29, 0.717) is 127 Å². The summed E-state index contributed by atoms with van der Waals surface area (Å²) in [6.45, 7) is 13.6. The SMILES string of the molecule is CCCN(C)C1CC=C(c2ccc3nc(-c4ccc(OC)c(OC)c4)cc(=O)n3c2)CC1.CCN(C)C1CC=C(c2ccc3nc(-c4ccc(OC)c(OC)c4)cc(=O)n3c2)CC1.CCN1CC=C(c2ccc3nc(-c4ccc(OC)c(OC)c4)cc(=O)n3c2)CC1.COc1ccc(-c2cc(=O)n3cc(C4=CCC(N(C)C)CC4)ccc3n2)cc1OC.COc1ccc(-c2ccc3nc(C4=CCNCC4)cc(=O)n3c2)cc1OC. The minimum Gasteiger partial charge on any atom is -0.493 e. The number of fused-ring (bicyclic) bond motifs is 5. The zero-order valence-electron chi connectivity index (χ0n) is 88.1. The van der Waals surface area contributed by atoms with E-state index >= 15 is 0 Å². The van der Waals surface area contributed by atoms with Gasteiger partial charge in [0, 0.05) is 121 Å². The third kappa shape index (κ3) is 24.8. The van der Waals surface area contributed by atoms with Gasteiger partial charge in [0.2, 0.25) is 0 Å². The maximum absolute atomic E-state index is 12.9. The van der Waals surface area contributed by atoms with Crippen LogP contribution in [0.25, 0.3) is 112 Å². The molecule has 0 amide bonds. The van der Waals surface area contributed by atoms with E-state index in [1.54, 1.807) is 123 Å². The lowest BCUT2D eigenvalue weighted by Crippen LogP contribution is -2.33. The first kappa shape index (κ1) is 106. The van der Waals surface area contributed by atoms with E-state index in [1.165, 1.54) is 28.7 Å². The molecule has 10 aromatic heterocycles. The lowest BCUT2D eigenvalue weighted by Gasteiger charge is -2.30. The zero-order valence-corrected chi connectivity index (χ0v) is 88.1. The van der Waals surface area contributed by atoms with Gasteiger partial charge in [0.1, 0.15) is 28.2 Å². The van der Waals surface area contributed by atoms with Crippen LogP contribution in [0.1, 0.15) is 126 Å². The number of rotatable bonds is 27. The number of nitrogens with one attached hydrogen (secondary N) is 1. The minimum absolute atomic E-state index is 0.0863. The second-order valence-corrected chi connectivity index (χ2v) is 37.5. The van der Waals surface area contributed by atoms with Crippen molar-refractivity contribution < 1.29 is 47.4 Å². The predicted octanol–water partition coefficient (Wildman–Crippen LogP) is 19.0. The number of hydrogen-bond acceptors (Lipinski definition) is 25. The van der Waals surface area contributed by atoms with Crippen molar-refractivity contribution >= 4 is 56.1 Å². The maximum Gasteiger partial charge on any atom is 0.258 e. The van der Waals surface area contributed by atoms with Crippen LogP contribution in [0, 0.1) is 0 Å². The third-order valence-electron chi connectivity index (χ3n) is 28.6. The Morgan fingerprint density at radius 2 is 0.597 bits per heavy atom. The van der Waals surface area contributed by atoms with Crippen molar-refractivity contribution in [3.63, 3.8) is 0 Å². The predicted molar refractivity (Wildman–Crippen MR) is 592 cm³/mol. The number of methoxy groups -OCH3 is 10. The quantitative estimate of drug-likeness (QED) is 0.0500. The fourth-order valence-corrected chi connectivity index (χ4v) is 19.6. The van der Waals surface area contributed by atoms with Gasteiger partial charge in [0.25, 0.3) is 27.8 Å². The van der Waals surface area contributed by atoms with Gasteiger partial charge >= 0.3 is 0 Å². The Kier molecular flexibility index (Phi) is 35.1. The Labute approximate surface area is 868 Å². The van der Waals surface area contributed by atoms with Gasteiger partial charge in [-0.05, 0) is 338 Å². The van der Waals surface area contributed by atoms with E-state index in [9.17, 15) is 24.0 Å². The Morgan fingerprint density at radius 1 is 0.302 bits per heavy atom. The van der Waals surface area contributed by atoms with Gasteiger partial charge in [-0.1, -0.05) is 57.2 Å². The number of ether oxygens (including phenoxy) is 10. The van der Waals surface area contributed by atoms with Crippen molar-refractivity contribution in [2.24, 2.45) is 0 Å². The summed E-state index contributed by atoms with van der Waals surface area (Å²) in [5.41, 5.74) is 21.6. The van der Waals surface area contributed by atoms with Crippen molar-refractivity contribution in [1.29, 1.82) is 0 Å². The average Bonchev–Trinajstić information content (AvgIpc) is 0.766. The first-order chi connectivity index (χ1) is 72.4. The molecule has 5 aromatic carbocycles. The summed E-state index contributed by atoms with van der Waals surface area (Å²) in [4.78, 5) is 97.2. The molecule has 12 heterocycles. The van der Waals surface area contributed by atoms with Crippen LogP contribution in [0.4, 0.5) is 0 Å². The molecule has 3 unspecified atom stereocenters. The summed E-state index contributed by atoms with van der Waals surface area (Å²) in [5, 5.41) is 3.27. The van der Waals surface area contributed by atoms with E-state index in [1.807, 2.05) is 164 Å². The highest BCUT2D eigenvalue weighted by Gasteiger charge is 2.26. The maximum atomic E-state index is 12.9. The number of likely N-dealkylation sites (N-methyl/N-ethyl adjacent to an activating group) is 1. The van der Waals surface area contributed by atoms with E-state index in [-0.39, 0.29) is 27.8 Å². The minimum atomic E-state index is -0.103. The standard InChI is InChI=1S/C26H31N3O3.C25H29N3O3.C24H27N3O3.C23H25N3O3.C21H21N3O3/c1-5-14-28(2)21-10-6-18(7-11-21)20-9-13-25-27-22(16-26(30)29(25)17-20)19-8-12-23(31-3)24(15-19)32-4;1-5-27(2)20-10-6-17(7-11-20)19-9-13-24-26-21(15-25(29)28(24)16-19)18-8-12-22(30-3)23(14-18)31-4;1-26(2)19-9-5-16(6-10-19)18-8-12-23-25-20(14-24(28)27(23)15-18)17-7-11-21(29-3)22(13-17)30-4;1-4-25-11-9-16(10-12-25)18-6-8-22-24-19(14-23(27)26(22)15-18)17-5-7-20(28-2)21(13-17)29-3;1-26-18-5-3-15(11-19(18)27-2)16-4-6-20-23-17(12-21(25)24(20)13-16)14-7-9-22-10-8-14/h6,8-9,12-13,15-17,21H,5,7,10-11,14H2,1-4H3;6,8-9,12-16,20H,5,7,10-11H2,1-4H3;5,7-8,11-15,19H,6,9-10H2,1-4H3;5-9,13-15H,4,10-12H2,1-3H3;3-7,11-13,22H,8-10H2,1-2H3. The Morgan fingerprint density at radius 3 is 0.886 bits per heavy atom. The number of hydrogen-bond donors (Lipinski definition) is 1. The van der Waals surface area contributed by atoms with Crippen LogP contribution < -0.4 is 80.5 Å². The van der Waals surface area contributed by atoms with Crippen molar-refractivity contribution in [3.8, 4) is 114 Å². The van der Waals surface area contributed by atoms with Crippen LogP contribution in [0.15, 0.2) is 267 Å². The Bertz CT molecular complexity index is 7890. The molecule has 2 aliphatic heterocycles. The largest absolute Gasteiger partial charge is 0.493 e. The van der Waals surface area contributed by atoms with Crippen molar-refractivity contribution in [2.75, 3.05) is 145 Å². The van der Waals surface area contributed by atoms with Gasteiger partial charge in [0.15, 0.2) is 57.5 Å². The van der Waals surface area contributed by atoms with Crippen LogP contribution in [-0.2, 0) is 0 Å². The molecule has 30 nitrogen and oxygen atoms in total. The van der Waals surface area contributed by atoms with Crippen LogP contribution in [0.2, 0.25) is 0 Å². The number of allylic oxidation sites excluding steroid dienone is 3. The smallest absolute Gasteiger partial charge is 0.258 e. The molecule has 20 rings (SSSR count). The van der Waals surface area contributed by atoms with Crippen molar-refractivity contribution in [1.82, 2.24) is 71.8 Å². The van der Waals surface area contributed by atoms with Gasteiger partial charge < -0.3 is 67.4 Å². The van der Waals surface area contributed by atoms with Gasteiger partial charge in [-0.2, -0.15) is 0 Å². The molecule has 149 heavy (non-hydrogen) atoms. The Balaban J connectivity index is 0.000000133. The normalized spacial score (nSPS) is 15.7. The molecule has 0 bridgehead atoms. The summed E-state index contributed by atoms with van der Waals surface area (Å²) in [5.74, 6) is 6.29. The number of aromatic nitrogens is 10. The molecular formula is C119H133N15O15. The fourth-order valence-electron chi connectivity index (χ4n) is 19.6. The average molecular weight is 2010 g/mol. The van der Waals surface area contributed by atoms with Gasteiger partial charge in [-0.15, -0.1) is 0 Å². The number of benzene rings is 5. The molecule has 0 saturated carbocycles. The molecule has 1 N–H and O–H groups in total. The summed E-state index contributed by atoms with van der Waals surface area (Å²) in [7, 11) is 24.6. The summed E-state index contributed by atoms with van der Waals surface area (Å²) >= 11 is 0. The summed E-state index contributed by atoms with van der Waals surface area (Å²) in [6, 6.07) is 57.2. The second-order valence-electron chi connectivity index (χ2n) is 37.5. The topological polar surface area (TPSA) is 289 Å². The molecular weight excluding hydrogens is 1880 g/mol. The van der Waals surface area contributed by atoms with Gasteiger partial charge in [-0.25, -0.2) is 24.9 Å². The monoisotopic (exact) mass is 2010 g/mol. The van der Waals surface area contributed by atoms with Crippen LogP contribution in [-0.4, -0.2) is 230 Å². The summed E-state index contributed by atoms with van der Waals surface area (Å²) in [6.07, 6.45) is 33.4. The molecule has 0 fully saturated rings. The first-order valence-corrected chi connectivity index (χ1v) is 50.7. The molecule has 3 aliphatic carbocycles. The molecule has 0 spiro atoms. The van der Waals surface area contributed by atoms with Crippen LogP contribution in [0.3, 0.4) is 0 Å². The highest BCUT2D eigenvalue weighted by atomic mass is 16.5. The van der Waals surface area contributed by atoms with E-state index in [0.717, 1.165) is 183 Å². The zero-order chi connectivity index (χ0) is 105. The lowest BCUT2D eigenvalue weighted by atomic mass is 9.90. The Hall–Kier alpha value is -15.6. The molecule has 30 heteroatoms. The molecule has 0 saturated heterocycles. The fraction of sp³-hybridized carbons (Fsp3) is 0.328. The second kappa shape index (κ2) is 49.3. The van der Waals surface area contributed by atoms with Gasteiger partial charge in [0.05, 0.1) is 99.6 Å². The highest BCUT2D eigenvalue weighted by Crippen LogP contribution is 2.40. The highest BCUT2D eigenvalue weighted by molar-refractivity contribution is 5.76. The molecule has 15 aromatic rings. The van der Waals surface area contributed by atoms with Crippen LogP contribution >= 0.6 is 0 Å². The van der Waals surface area contributed by atoms with Crippen LogP contribution in [0.5, 0.6) is 57.5 Å². The molecule has 0 radical (unpaired) electrons. The first-order valence-electron chi connectivity index (χ1n) is 50.7. The van der Waals surface area contributed by atoms with Gasteiger partial charge in [-0.3, -0.25) is 50.9 Å². The van der Waals surface area contributed by atoms with E-state index in [4.69, 9.17) is 62.3 Å². The molecule has 774 valence electrons. The molecule has 3 atom stereocenters. The lowest BCUT2D eigenvalue weighted by molar-refractivity contribution is 0.229. The third-order valence-corrected chi connectivity index (χ3v) is 28.6. The number of nitrogens with zero attached hydrogens (tertiary/aromatic N) is 14. The summed E-state index contributed by atoms with van der Waals surface area (Å²) < 4.78 is 61.4. The van der Waals surface area contributed by atoms with Crippen molar-refractivity contribution in [3.05, 3.63) is 323 Å².